The summed E-state index contributed by atoms with van der Waals surface area (Å²) in [6.45, 7) is 8.36. The molecule has 154 valence electrons. The first-order chi connectivity index (χ1) is 14.4. The molecule has 30 heavy (non-hydrogen) atoms. The first-order valence-electron chi connectivity index (χ1n) is 10.8. The molecule has 1 N–H and O–H groups in total. The number of anilines is 1. The molecule has 0 amide bonds. The van der Waals surface area contributed by atoms with E-state index < -0.39 is 0 Å². The quantitative estimate of drug-likeness (QED) is 0.502. The molecule has 0 radical (unpaired) electrons. The lowest BCUT2D eigenvalue weighted by atomic mass is 9.91. The highest BCUT2D eigenvalue weighted by molar-refractivity contribution is 5.92. The van der Waals surface area contributed by atoms with Crippen LogP contribution in [0.3, 0.4) is 0 Å². The normalized spacial score (nSPS) is 13.7. The zero-order chi connectivity index (χ0) is 21.3. The van der Waals surface area contributed by atoms with Crippen LogP contribution >= 0.6 is 0 Å². The molecule has 2 nitrogen and oxygen atoms in total. The lowest BCUT2D eigenvalue weighted by Gasteiger charge is -2.20. The Hall–Kier alpha value is -2.84. The molecule has 0 saturated heterocycles. The van der Waals surface area contributed by atoms with Crippen LogP contribution in [0.15, 0.2) is 66.3 Å². The Bertz CT molecular complexity index is 1130. The van der Waals surface area contributed by atoms with Crippen LogP contribution in [0.25, 0.3) is 16.3 Å². The SMILES string of the molecule is Cc1cc(C)c(NCc2c(C3=C(CN(C)C)C=CC3)ccc3ccccc23)c(C)c1. The molecule has 0 heterocycles. The minimum absolute atomic E-state index is 0.820. The van der Waals surface area contributed by atoms with E-state index in [1.807, 2.05) is 0 Å². The second kappa shape index (κ2) is 8.49. The second-order valence-electron chi connectivity index (χ2n) is 8.79. The van der Waals surface area contributed by atoms with Gasteiger partial charge in [0.25, 0.3) is 0 Å². The van der Waals surface area contributed by atoms with Crippen molar-refractivity contribution < 1.29 is 0 Å². The molecular weight excluding hydrogens is 364 g/mol. The highest BCUT2D eigenvalue weighted by atomic mass is 15.0. The van der Waals surface area contributed by atoms with Crippen molar-refractivity contribution in [3.05, 3.63) is 94.1 Å². The standard InChI is InChI=1S/C28H32N2/c1-19-15-20(2)28(21(3)16-19)29-17-27-24-11-7-6-9-22(24)13-14-26(27)25-12-8-10-23(25)18-30(4)5/h6-11,13-16,29H,12,17-18H2,1-5H3. The van der Waals surface area contributed by atoms with E-state index in [1.54, 1.807) is 0 Å². The summed E-state index contributed by atoms with van der Waals surface area (Å²) in [5, 5.41) is 6.43. The maximum absolute atomic E-state index is 3.78. The van der Waals surface area contributed by atoms with Crippen LogP contribution in [0.4, 0.5) is 5.69 Å². The van der Waals surface area contributed by atoms with Crippen LogP contribution in [0.1, 0.15) is 34.2 Å². The first-order valence-corrected chi connectivity index (χ1v) is 10.8. The van der Waals surface area contributed by atoms with E-state index >= 15 is 0 Å². The Labute approximate surface area is 180 Å². The minimum Gasteiger partial charge on any atom is -0.380 e. The Balaban J connectivity index is 1.79. The topological polar surface area (TPSA) is 15.3 Å². The van der Waals surface area contributed by atoms with Gasteiger partial charge in [-0.2, -0.15) is 0 Å². The average molecular weight is 397 g/mol. The molecule has 0 spiro atoms. The van der Waals surface area contributed by atoms with Gasteiger partial charge in [0.1, 0.15) is 0 Å². The Morgan fingerprint density at radius 1 is 0.933 bits per heavy atom. The molecule has 1 aliphatic carbocycles. The van der Waals surface area contributed by atoms with Gasteiger partial charge in [-0.25, -0.2) is 0 Å². The number of hydrogen-bond donors (Lipinski definition) is 1. The Morgan fingerprint density at radius 2 is 1.67 bits per heavy atom. The molecule has 3 aromatic carbocycles. The summed E-state index contributed by atoms with van der Waals surface area (Å²) in [7, 11) is 4.28. The van der Waals surface area contributed by atoms with E-state index in [2.05, 4.69) is 106 Å². The third-order valence-electron chi connectivity index (χ3n) is 6.00. The molecule has 1 aliphatic rings. The smallest absolute Gasteiger partial charge is 0.0413 e. The maximum Gasteiger partial charge on any atom is 0.0413 e. The average Bonchev–Trinajstić information content (AvgIpc) is 3.14. The largest absolute Gasteiger partial charge is 0.380 e. The molecule has 0 saturated carbocycles. The fourth-order valence-electron chi connectivity index (χ4n) is 4.77. The van der Waals surface area contributed by atoms with Gasteiger partial charge in [0.05, 0.1) is 0 Å². The van der Waals surface area contributed by atoms with Crippen molar-refractivity contribution in [2.24, 2.45) is 0 Å². The molecule has 4 rings (SSSR count). The third kappa shape index (κ3) is 4.06. The molecule has 2 heteroatoms. The monoisotopic (exact) mass is 396 g/mol. The number of nitrogens with one attached hydrogen (secondary N) is 1. The van der Waals surface area contributed by atoms with E-state index in [0.717, 1.165) is 19.5 Å². The summed E-state index contributed by atoms with van der Waals surface area (Å²) in [5.41, 5.74) is 10.9. The van der Waals surface area contributed by atoms with Crippen LogP contribution < -0.4 is 5.32 Å². The molecule has 0 aromatic heterocycles. The van der Waals surface area contributed by atoms with E-state index in [-0.39, 0.29) is 0 Å². The van der Waals surface area contributed by atoms with E-state index in [9.17, 15) is 0 Å². The number of allylic oxidation sites excluding steroid dienone is 2. The van der Waals surface area contributed by atoms with Crippen molar-refractivity contribution >= 4 is 22.0 Å². The predicted molar refractivity (Wildman–Crippen MR) is 131 cm³/mol. The van der Waals surface area contributed by atoms with Gasteiger partial charge >= 0.3 is 0 Å². The number of aryl methyl sites for hydroxylation is 3. The fraction of sp³-hybridized carbons (Fsp3) is 0.286. The molecule has 3 aromatic rings. The highest BCUT2D eigenvalue weighted by Gasteiger charge is 2.17. The number of benzene rings is 3. The van der Waals surface area contributed by atoms with Crippen molar-refractivity contribution in [1.82, 2.24) is 4.90 Å². The van der Waals surface area contributed by atoms with Crippen LogP contribution in [-0.2, 0) is 6.54 Å². The van der Waals surface area contributed by atoms with Crippen molar-refractivity contribution in [1.29, 1.82) is 0 Å². The predicted octanol–water partition coefficient (Wildman–Crippen LogP) is 6.65. The van der Waals surface area contributed by atoms with Gasteiger partial charge in [0, 0.05) is 18.8 Å². The number of fused-ring (bicyclic) bond motifs is 1. The number of rotatable bonds is 6. The van der Waals surface area contributed by atoms with Gasteiger partial charge < -0.3 is 10.2 Å². The summed E-state index contributed by atoms with van der Waals surface area (Å²) in [6.07, 6.45) is 5.61. The molecular formula is C28H32N2. The first kappa shape index (κ1) is 20.4. The van der Waals surface area contributed by atoms with E-state index in [1.165, 1.54) is 55.4 Å². The van der Waals surface area contributed by atoms with Gasteiger partial charge in [-0.15, -0.1) is 0 Å². The van der Waals surface area contributed by atoms with Crippen LogP contribution in [0.5, 0.6) is 0 Å². The molecule has 0 aliphatic heterocycles. The Morgan fingerprint density at radius 3 is 2.40 bits per heavy atom. The van der Waals surface area contributed by atoms with Crippen molar-refractivity contribution in [2.75, 3.05) is 26.0 Å². The minimum atomic E-state index is 0.820. The lowest BCUT2D eigenvalue weighted by Crippen LogP contribution is -2.15. The lowest BCUT2D eigenvalue weighted by molar-refractivity contribution is 0.450. The van der Waals surface area contributed by atoms with Crippen LogP contribution in [0.2, 0.25) is 0 Å². The summed E-state index contributed by atoms with van der Waals surface area (Å²) < 4.78 is 0. The molecule has 0 unspecified atom stereocenters. The van der Waals surface area contributed by atoms with Gasteiger partial charge in [0.2, 0.25) is 0 Å². The van der Waals surface area contributed by atoms with Gasteiger partial charge in [-0.05, 0) is 85.5 Å². The second-order valence-corrected chi connectivity index (χ2v) is 8.79. The van der Waals surface area contributed by atoms with Crippen molar-refractivity contribution in [3.8, 4) is 0 Å². The third-order valence-corrected chi connectivity index (χ3v) is 6.00. The van der Waals surface area contributed by atoms with Crippen LogP contribution in [-0.4, -0.2) is 25.5 Å². The number of likely N-dealkylation sites (N-methyl/N-ethyl adjacent to an activating group) is 1. The van der Waals surface area contributed by atoms with E-state index in [0.29, 0.717) is 0 Å². The summed E-state index contributed by atoms with van der Waals surface area (Å²) in [5.74, 6) is 0. The van der Waals surface area contributed by atoms with Gasteiger partial charge in [0.15, 0.2) is 0 Å². The van der Waals surface area contributed by atoms with Crippen LogP contribution in [0, 0.1) is 20.8 Å². The fourth-order valence-corrected chi connectivity index (χ4v) is 4.77. The summed E-state index contributed by atoms with van der Waals surface area (Å²) >= 11 is 0. The molecule has 0 fully saturated rings. The highest BCUT2D eigenvalue weighted by Crippen LogP contribution is 2.35. The van der Waals surface area contributed by atoms with Crippen molar-refractivity contribution in [3.63, 3.8) is 0 Å². The zero-order valence-corrected chi connectivity index (χ0v) is 18.8. The zero-order valence-electron chi connectivity index (χ0n) is 18.8. The number of hydrogen-bond acceptors (Lipinski definition) is 2. The molecule has 0 bridgehead atoms. The maximum atomic E-state index is 3.78. The summed E-state index contributed by atoms with van der Waals surface area (Å²) in [4.78, 5) is 2.25. The molecule has 0 atom stereocenters. The van der Waals surface area contributed by atoms with Gasteiger partial charge in [-0.1, -0.05) is 66.2 Å². The summed E-state index contributed by atoms with van der Waals surface area (Å²) in [6, 6.07) is 17.9. The van der Waals surface area contributed by atoms with Crippen molar-refractivity contribution in [2.45, 2.75) is 33.7 Å². The number of nitrogens with zero attached hydrogens (tertiary/aromatic N) is 1. The Kier molecular flexibility index (Phi) is 5.78. The van der Waals surface area contributed by atoms with Gasteiger partial charge in [-0.3, -0.25) is 0 Å². The van der Waals surface area contributed by atoms with E-state index in [4.69, 9.17) is 0 Å².